The highest BCUT2D eigenvalue weighted by Gasteiger charge is 2.30. The van der Waals surface area contributed by atoms with Crippen LogP contribution >= 0.6 is 0 Å². The molecule has 0 saturated heterocycles. The molecule has 0 bridgehead atoms. The number of quaternary nitrogens is 1. The van der Waals surface area contributed by atoms with E-state index < -0.39 is 6.09 Å². The molecule has 0 aromatic heterocycles. The molecule has 188 valence electrons. The minimum absolute atomic E-state index is 0.246. The molecule has 8 heteroatoms. The standard InChI is InChI=1S/C27H36N4O4/c1-7-16-31(19-30(6)21-10-9-11-22(18-21)34-26(32)28(3)4)25-15-12-20-17-23(13-14-24(20)25)35-27(33)29(5)8-2/h7,9-11,13-14,17-18,25H,1,8,12,15-16,19H2,2-6H3/p+1/t25-/m1/s1. The summed E-state index contributed by atoms with van der Waals surface area (Å²) in [5.74, 6) is 1.11. The predicted octanol–water partition coefficient (Wildman–Crippen LogP) is 3.48. The van der Waals surface area contributed by atoms with Crippen molar-refractivity contribution in [1.82, 2.24) is 14.7 Å². The Kier molecular flexibility index (Phi) is 8.89. The lowest BCUT2D eigenvalue weighted by molar-refractivity contribution is -0.823. The Morgan fingerprint density at radius 2 is 1.80 bits per heavy atom. The van der Waals surface area contributed by atoms with Crippen LogP contribution in [0.3, 0.4) is 0 Å². The average molecular weight is 482 g/mol. The van der Waals surface area contributed by atoms with Crippen LogP contribution < -0.4 is 14.4 Å². The van der Waals surface area contributed by atoms with Crippen molar-refractivity contribution in [2.45, 2.75) is 25.8 Å². The second kappa shape index (κ2) is 11.9. The van der Waals surface area contributed by atoms with Crippen LogP contribution in [0.25, 0.3) is 0 Å². The lowest BCUT2D eigenvalue weighted by Crippen LogP contribution is -3.05. The van der Waals surface area contributed by atoms with Crippen molar-refractivity contribution in [2.75, 3.05) is 47.9 Å². The Morgan fingerprint density at radius 3 is 2.49 bits per heavy atom. The number of hydrogen-bond donors (Lipinski definition) is 1. The largest absolute Gasteiger partial charge is 0.414 e. The SMILES string of the molecule is C=CCN(C[NH+](C)c1cccc(OC(=O)N(C)C)c1)[C@@H]1CCc2cc(OC(=O)N(C)CC)ccc21. The summed E-state index contributed by atoms with van der Waals surface area (Å²) in [4.78, 5) is 30.6. The zero-order valence-electron chi connectivity index (χ0n) is 21.4. The summed E-state index contributed by atoms with van der Waals surface area (Å²) in [5, 5.41) is 0. The number of nitrogens with zero attached hydrogens (tertiary/aromatic N) is 3. The van der Waals surface area contributed by atoms with Crippen LogP contribution in [0.4, 0.5) is 15.3 Å². The molecule has 8 nitrogen and oxygen atoms in total. The molecule has 0 fully saturated rings. The van der Waals surface area contributed by atoms with E-state index in [1.165, 1.54) is 25.8 Å². The molecule has 35 heavy (non-hydrogen) atoms. The Hall–Kier alpha value is -3.36. The topological polar surface area (TPSA) is 66.8 Å². The quantitative estimate of drug-likeness (QED) is 0.439. The van der Waals surface area contributed by atoms with Crippen LogP contribution in [0.1, 0.15) is 30.5 Å². The van der Waals surface area contributed by atoms with E-state index in [9.17, 15) is 9.59 Å². The van der Waals surface area contributed by atoms with Crippen molar-refractivity contribution in [3.8, 4) is 11.5 Å². The van der Waals surface area contributed by atoms with E-state index in [2.05, 4.69) is 24.6 Å². The Morgan fingerprint density at radius 1 is 1.09 bits per heavy atom. The monoisotopic (exact) mass is 481 g/mol. The van der Waals surface area contributed by atoms with Crippen molar-refractivity contribution in [2.24, 2.45) is 0 Å². The molecule has 2 amide bonds. The number of aryl methyl sites for hydroxylation is 1. The Balaban J connectivity index is 1.73. The maximum atomic E-state index is 12.1. The van der Waals surface area contributed by atoms with Gasteiger partial charge in [0.2, 0.25) is 0 Å². The molecule has 1 unspecified atom stereocenters. The van der Waals surface area contributed by atoms with Gasteiger partial charge >= 0.3 is 12.2 Å². The number of nitrogens with one attached hydrogen (secondary N) is 1. The summed E-state index contributed by atoms with van der Waals surface area (Å²) in [6, 6.07) is 13.8. The summed E-state index contributed by atoms with van der Waals surface area (Å²) < 4.78 is 11.0. The molecule has 0 spiro atoms. The highest BCUT2D eigenvalue weighted by molar-refractivity contribution is 5.70. The molecule has 0 saturated carbocycles. The highest BCUT2D eigenvalue weighted by atomic mass is 16.6. The van der Waals surface area contributed by atoms with Gasteiger partial charge in [0, 0.05) is 46.3 Å². The number of amides is 2. The van der Waals surface area contributed by atoms with Gasteiger partial charge in [0.25, 0.3) is 0 Å². The second-order valence-electron chi connectivity index (χ2n) is 9.09. The van der Waals surface area contributed by atoms with Crippen molar-refractivity contribution in [3.05, 3.63) is 66.2 Å². The zero-order chi connectivity index (χ0) is 25.5. The van der Waals surface area contributed by atoms with E-state index in [1.54, 1.807) is 27.2 Å². The van der Waals surface area contributed by atoms with Crippen LogP contribution in [-0.2, 0) is 6.42 Å². The smallest absolute Gasteiger partial charge is 0.410 e. The first-order chi connectivity index (χ1) is 16.7. The summed E-state index contributed by atoms with van der Waals surface area (Å²) in [6.07, 6.45) is 3.10. The first-order valence-corrected chi connectivity index (χ1v) is 12.0. The fraction of sp³-hybridized carbons (Fsp3) is 0.407. The van der Waals surface area contributed by atoms with Crippen LogP contribution in [0.5, 0.6) is 11.5 Å². The number of carbonyl (C=O) groups excluding carboxylic acids is 2. The predicted molar refractivity (Wildman–Crippen MR) is 136 cm³/mol. The molecule has 1 aliphatic rings. The van der Waals surface area contributed by atoms with Gasteiger partial charge in [0.05, 0.1) is 7.05 Å². The fourth-order valence-electron chi connectivity index (χ4n) is 4.20. The minimum atomic E-state index is -0.401. The third kappa shape index (κ3) is 6.61. The zero-order valence-corrected chi connectivity index (χ0v) is 21.4. The van der Waals surface area contributed by atoms with E-state index in [4.69, 9.17) is 9.47 Å². The number of hydrogen-bond acceptors (Lipinski definition) is 5. The number of ether oxygens (including phenoxy) is 2. The number of carbonyl (C=O) groups is 2. The summed E-state index contributed by atoms with van der Waals surface area (Å²) in [5.41, 5.74) is 3.50. The first-order valence-electron chi connectivity index (χ1n) is 12.0. The lowest BCUT2D eigenvalue weighted by atomic mass is 10.1. The van der Waals surface area contributed by atoms with Gasteiger partial charge in [-0.25, -0.2) is 14.5 Å². The Bertz CT molecular complexity index is 1060. The third-order valence-corrected chi connectivity index (χ3v) is 6.29. The molecule has 1 N–H and O–H groups in total. The molecule has 0 aliphatic heterocycles. The van der Waals surface area contributed by atoms with Gasteiger partial charge in [-0.3, -0.25) is 4.90 Å². The number of rotatable bonds is 9. The molecule has 2 aromatic carbocycles. The van der Waals surface area contributed by atoms with E-state index >= 15 is 0 Å². The van der Waals surface area contributed by atoms with Crippen LogP contribution in [0.2, 0.25) is 0 Å². The lowest BCUT2D eigenvalue weighted by Gasteiger charge is -2.30. The van der Waals surface area contributed by atoms with Gasteiger partial charge < -0.3 is 19.3 Å². The van der Waals surface area contributed by atoms with Gasteiger partial charge in [-0.15, -0.1) is 6.58 Å². The van der Waals surface area contributed by atoms with Gasteiger partial charge in [0.15, 0.2) is 0 Å². The molecule has 2 atom stereocenters. The maximum Gasteiger partial charge on any atom is 0.414 e. The van der Waals surface area contributed by atoms with E-state index in [-0.39, 0.29) is 12.1 Å². The normalized spacial score (nSPS) is 15.3. The maximum absolute atomic E-state index is 12.1. The van der Waals surface area contributed by atoms with Gasteiger partial charge in [-0.1, -0.05) is 18.2 Å². The van der Waals surface area contributed by atoms with Gasteiger partial charge in [0.1, 0.15) is 23.9 Å². The fourth-order valence-corrected chi connectivity index (χ4v) is 4.20. The minimum Gasteiger partial charge on any atom is -0.410 e. The van der Waals surface area contributed by atoms with Crippen molar-refractivity contribution < 1.29 is 24.0 Å². The van der Waals surface area contributed by atoms with Crippen molar-refractivity contribution in [3.63, 3.8) is 0 Å². The molecule has 1 aliphatic carbocycles. The van der Waals surface area contributed by atoms with Gasteiger partial charge in [-0.05, 0) is 55.2 Å². The summed E-state index contributed by atoms with van der Waals surface area (Å²) in [6.45, 7) is 7.97. The summed E-state index contributed by atoms with van der Waals surface area (Å²) >= 11 is 0. The van der Waals surface area contributed by atoms with Crippen molar-refractivity contribution >= 4 is 17.9 Å². The van der Waals surface area contributed by atoms with E-state index in [1.807, 2.05) is 43.3 Å². The molecule has 3 rings (SSSR count). The third-order valence-electron chi connectivity index (χ3n) is 6.29. The van der Waals surface area contributed by atoms with Crippen LogP contribution in [-0.4, -0.2) is 74.8 Å². The molecule has 2 aromatic rings. The molecular weight excluding hydrogens is 444 g/mol. The second-order valence-corrected chi connectivity index (χ2v) is 9.09. The van der Waals surface area contributed by atoms with Gasteiger partial charge in [-0.2, -0.15) is 0 Å². The molecule has 0 heterocycles. The number of benzene rings is 2. The highest BCUT2D eigenvalue weighted by Crippen LogP contribution is 2.37. The molecule has 0 radical (unpaired) electrons. The number of fused-ring (bicyclic) bond motifs is 1. The molecular formula is C27H37N4O4+. The van der Waals surface area contributed by atoms with Crippen LogP contribution in [0, 0.1) is 0 Å². The van der Waals surface area contributed by atoms with E-state index in [0.29, 0.717) is 18.0 Å². The van der Waals surface area contributed by atoms with Crippen molar-refractivity contribution in [1.29, 1.82) is 0 Å². The average Bonchev–Trinajstić information content (AvgIpc) is 3.26. The van der Waals surface area contributed by atoms with Crippen LogP contribution in [0.15, 0.2) is 55.1 Å². The van der Waals surface area contributed by atoms with E-state index in [0.717, 1.165) is 31.7 Å². The summed E-state index contributed by atoms with van der Waals surface area (Å²) in [7, 11) is 7.14. The Labute approximate surface area is 208 Å². The first kappa shape index (κ1) is 26.2.